The Morgan fingerprint density at radius 1 is 1.26 bits per heavy atom. The fourth-order valence-corrected chi connectivity index (χ4v) is 1.92. The molecule has 2 aromatic heterocycles. The summed E-state index contributed by atoms with van der Waals surface area (Å²) in [6.45, 7) is 2.76. The molecule has 0 saturated carbocycles. The van der Waals surface area contributed by atoms with Crippen LogP contribution in [0.1, 0.15) is 28.7 Å². The van der Waals surface area contributed by atoms with Crippen LogP contribution in [-0.4, -0.2) is 34.4 Å². The van der Waals surface area contributed by atoms with Crippen LogP contribution >= 0.6 is 0 Å². The molecule has 0 aromatic carbocycles. The van der Waals surface area contributed by atoms with E-state index in [0.29, 0.717) is 12.2 Å². The number of rotatable bonds is 5. The van der Waals surface area contributed by atoms with Crippen LogP contribution in [0.4, 0.5) is 0 Å². The highest BCUT2D eigenvalue weighted by Gasteiger charge is 2.13. The fourth-order valence-electron chi connectivity index (χ4n) is 1.92. The molecule has 100 valence electrons. The Balaban J connectivity index is 1.92. The highest BCUT2D eigenvalue weighted by atomic mass is 16.2. The quantitative estimate of drug-likeness (QED) is 0.893. The Labute approximate surface area is 113 Å². The Kier molecular flexibility index (Phi) is 4.34. The zero-order valence-electron chi connectivity index (χ0n) is 11.4. The van der Waals surface area contributed by atoms with Crippen molar-refractivity contribution in [2.24, 2.45) is 0 Å². The SMILES string of the molecule is CCc1ccc(C(=O)N(C)CCc2ccncc2)[nH]1. The lowest BCUT2D eigenvalue weighted by Gasteiger charge is -2.16. The van der Waals surface area contributed by atoms with E-state index in [4.69, 9.17) is 0 Å². The minimum Gasteiger partial charge on any atom is -0.354 e. The van der Waals surface area contributed by atoms with E-state index in [1.54, 1.807) is 17.3 Å². The number of amides is 1. The van der Waals surface area contributed by atoms with Crippen molar-refractivity contribution in [2.45, 2.75) is 19.8 Å². The van der Waals surface area contributed by atoms with Gasteiger partial charge >= 0.3 is 0 Å². The molecule has 0 aliphatic heterocycles. The Hall–Kier alpha value is -2.10. The van der Waals surface area contributed by atoms with Gasteiger partial charge in [-0.05, 0) is 42.7 Å². The number of pyridine rings is 1. The number of nitrogens with one attached hydrogen (secondary N) is 1. The van der Waals surface area contributed by atoms with E-state index >= 15 is 0 Å². The van der Waals surface area contributed by atoms with Crippen molar-refractivity contribution in [1.29, 1.82) is 0 Å². The first-order valence-corrected chi connectivity index (χ1v) is 6.53. The summed E-state index contributed by atoms with van der Waals surface area (Å²) in [6, 6.07) is 7.76. The van der Waals surface area contributed by atoms with Gasteiger partial charge in [-0.3, -0.25) is 9.78 Å². The van der Waals surface area contributed by atoms with Crippen LogP contribution in [0.3, 0.4) is 0 Å². The number of H-pyrrole nitrogens is 1. The fraction of sp³-hybridized carbons (Fsp3) is 0.333. The lowest BCUT2D eigenvalue weighted by atomic mass is 10.2. The maximum atomic E-state index is 12.2. The molecule has 4 heteroatoms. The standard InChI is InChI=1S/C15H19N3O/c1-3-13-4-5-14(17-13)15(19)18(2)11-8-12-6-9-16-10-7-12/h4-7,9-10,17H,3,8,11H2,1-2H3. The summed E-state index contributed by atoms with van der Waals surface area (Å²) >= 11 is 0. The van der Waals surface area contributed by atoms with Gasteiger partial charge in [0.1, 0.15) is 5.69 Å². The monoisotopic (exact) mass is 257 g/mol. The zero-order chi connectivity index (χ0) is 13.7. The van der Waals surface area contributed by atoms with Gasteiger partial charge in [0.05, 0.1) is 0 Å². The average Bonchev–Trinajstić information content (AvgIpc) is 2.94. The molecule has 0 spiro atoms. The van der Waals surface area contributed by atoms with Gasteiger partial charge in [-0.25, -0.2) is 0 Å². The van der Waals surface area contributed by atoms with Crippen molar-refractivity contribution < 1.29 is 4.79 Å². The number of aromatic amines is 1. The molecule has 2 rings (SSSR count). The van der Waals surface area contributed by atoms with E-state index in [1.807, 2.05) is 31.3 Å². The van der Waals surface area contributed by atoms with Crippen LogP contribution in [0, 0.1) is 0 Å². The maximum Gasteiger partial charge on any atom is 0.270 e. The van der Waals surface area contributed by atoms with Crippen LogP contribution in [0.15, 0.2) is 36.7 Å². The molecule has 0 saturated heterocycles. The second-order valence-corrected chi connectivity index (χ2v) is 4.58. The van der Waals surface area contributed by atoms with Gasteiger partial charge in [0, 0.05) is 31.7 Å². The van der Waals surface area contributed by atoms with E-state index in [0.717, 1.165) is 18.5 Å². The van der Waals surface area contributed by atoms with Gasteiger partial charge in [-0.15, -0.1) is 0 Å². The Bertz CT molecular complexity index is 533. The predicted octanol–water partition coefficient (Wildman–Crippen LogP) is 2.29. The molecule has 2 heterocycles. The first kappa shape index (κ1) is 13.3. The van der Waals surface area contributed by atoms with Gasteiger partial charge in [-0.1, -0.05) is 6.92 Å². The number of likely N-dealkylation sites (N-methyl/N-ethyl adjacent to an activating group) is 1. The smallest absolute Gasteiger partial charge is 0.270 e. The van der Waals surface area contributed by atoms with Gasteiger partial charge in [0.25, 0.3) is 5.91 Å². The predicted molar refractivity (Wildman–Crippen MR) is 75.1 cm³/mol. The van der Waals surface area contributed by atoms with Crippen LogP contribution in [-0.2, 0) is 12.8 Å². The first-order valence-electron chi connectivity index (χ1n) is 6.53. The van der Waals surface area contributed by atoms with Crippen LogP contribution in [0.25, 0.3) is 0 Å². The number of carbonyl (C=O) groups is 1. The normalized spacial score (nSPS) is 10.4. The summed E-state index contributed by atoms with van der Waals surface area (Å²) in [5.74, 6) is 0.0359. The summed E-state index contributed by atoms with van der Waals surface area (Å²) in [7, 11) is 1.83. The molecule has 1 amide bonds. The third kappa shape index (κ3) is 3.44. The van der Waals surface area contributed by atoms with Crippen molar-refractivity contribution in [2.75, 3.05) is 13.6 Å². The molecule has 0 aliphatic carbocycles. The number of hydrogen-bond acceptors (Lipinski definition) is 2. The number of nitrogens with zero attached hydrogens (tertiary/aromatic N) is 2. The van der Waals surface area contributed by atoms with Gasteiger partial charge in [0.2, 0.25) is 0 Å². The van der Waals surface area contributed by atoms with Crippen molar-refractivity contribution in [3.63, 3.8) is 0 Å². The minimum absolute atomic E-state index is 0.0359. The summed E-state index contributed by atoms with van der Waals surface area (Å²) < 4.78 is 0. The lowest BCUT2D eigenvalue weighted by molar-refractivity contribution is 0.0791. The summed E-state index contributed by atoms with van der Waals surface area (Å²) in [5.41, 5.74) is 2.94. The van der Waals surface area contributed by atoms with E-state index in [-0.39, 0.29) is 5.91 Å². The van der Waals surface area contributed by atoms with Crippen molar-refractivity contribution in [1.82, 2.24) is 14.9 Å². The van der Waals surface area contributed by atoms with Crippen LogP contribution < -0.4 is 0 Å². The molecular formula is C15H19N3O. The largest absolute Gasteiger partial charge is 0.354 e. The first-order chi connectivity index (χ1) is 9.20. The molecule has 4 nitrogen and oxygen atoms in total. The molecule has 0 fully saturated rings. The Morgan fingerprint density at radius 2 is 2.00 bits per heavy atom. The summed E-state index contributed by atoms with van der Waals surface area (Å²) in [6.07, 6.45) is 5.30. The van der Waals surface area contributed by atoms with Crippen LogP contribution in [0.2, 0.25) is 0 Å². The third-order valence-electron chi connectivity index (χ3n) is 3.19. The minimum atomic E-state index is 0.0359. The molecule has 0 atom stereocenters. The van der Waals surface area contributed by atoms with Crippen LogP contribution in [0.5, 0.6) is 0 Å². The number of hydrogen-bond donors (Lipinski definition) is 1. The van der Waals surface area contributed by atoms with Crippen molar-refractivity contribution in [3.8, 4) is 0 Å². The molecular weight excluding hydrogens is 238 g/mol. The van der Waals surface area contributed by atoms with E-state index in [2.05, 4.69) is 16.9 Å². The number of carbonyl (C=O) groups excluding carboxylic acids is 1. The summed E-state index contributed by atoms with van der Waals surface area (Å²) in [4.78, 5) is 21.0. The molecule has 19 heavy (non-hydrogen) atoms. The molecule has 2 aromatic rings. The van der Waals surface area contributed by atoms with Gasteiger partial charge in [0.15, 0.2) is 0 Å². The van der Waals surface area contributed by atoms with Crippen molar-refractivity contribution >= 4 is 5.91 Å². The second kappa shape index (κ2) is 6.18. The molecule has 1 N–H and O–H groups in total. The molecule has 0 unspecified atom stereocenters. The highest BCUT2D eigenvalue weighted by molar-refractivity contribution is 5.92. The highest BCUT2D eigenvalue weighted by Crippen LogP contribution is 2.06. The van der Waals surface area contributed by atoms with E-state index in [1.165, 1.54) is 5.56 Å². The Morgan fingerprint density at radius 3 is 2.63 bits per heavy atom. The van der Waals surface area contributed by atoms with Gasteiger partial charge < -0.3 is 9.88 Å². The maximum absolute atomic E-state index is 12.2. The van der Waals surface area contributed by atoms with Crippen molar-refractivity contribution in [3.05, 3.63) is 53.6 Å². The van der Waals surface area contributed by atoms with E-state index < -0.39 is 0 Å². The molecule has 0 radical (unpaired) electrons. The topological polar surface area (TPSA) is 49.0 Å². The lowest BCUT2D eigenvalue weighted by Crippen LogP contribution is -2.29. The third-order valence-corrected chi connectivity index (χ3v) is 3.19. The average molecular weight is 257 g/mol. The second-order valence-electron chi connectivity index (χ2n) is 4.58. The van der Waals surface area contributed by atoms with Gasteiger partial charge in [-0.2, -0.15) is 0 Å². The molecule has 0 bridgehead atoms. The zero-order valence-corrected chi connectivity index (χ0v) is 11.4. The van der Waals surface area contributed by atoms with E-state index in [9.17, 15) is 4.79 Å². The number of aryl methyl sites for hydroxylation is 1. The summed E-state index contributed by atoms with van der Waals surface area (Å²) in [5, 5.41) is 0. The number of aromatic nitrogens is 2. The molecule has 0 aliphatic rings.